The number of nitrogens with zero attached hydrogens (tertiary/aromatic N) is 3. The van der Waals surface area contributed by atoms with Crippen molar-refractivity contribution in [2.45, 2.75) is 26.3 Å². The molecule has 2 aromatic rings. The van der Waals surface area contributed by atoms with Crippen molar-refractivity contribution < 1.29 is 0 Å². The van der Waals surface area contributed by atoms with Gasteiger partial charge in [0, 0.05) is 25.5 Å². The van der Waals surface area contributed by atoms with Crippen LogP contribution in [0.4, 0.5) is 0 Å². The fourth-order valence-corrected chi connectivity index (χ4v) is 1.97. The second-order valence-corrected chi connectivity index (χ2v) is 4.14. The van der Waals surface area contributed by atoms with Gasteiger partial charge in [0.25, 0.3) is 0 Å². The van der Waals surface area contributed by atoms with Gasteiger partial charge in [0.2, 0.25) is 0 Å². The van der Waals surface area contributed by atoms with Gasteiger partial charge in [-0.05, 0) is 31.9 Å². The molecule has 0 atom stereocenters. The number of aromatic nitrogens is 3. The maximum absolute atomic E-state index is 5.76. The zero-order valence-corrected chi connectivity index (χ0v) is 10.3. The van der Waals surface area contributed by atoms with Crippen LogP contribution in [0, 0.1) is 6.92 Å². The highest BCUT2D eigenvalue weighted by atomic mass is 15.1. The fourth-order valence-electron chi connectivity index (χ4n) is 1.97. The van der Waals surface area contributed by atoms with Gasteiger partial charge in [0.15, 0.2) is 0 Å². The molecule has 4 nitrogen and oxygen atoms in total. The van der Waals surface area contributed by atoms with Crippen molar-refractivity contribution in [1.29, 1.82) is 0 Å². The van der Waals surface area contributed by atoms with Crippen LogP contribution in [0.1, 0.15) is 22.9 Å². The van der Waals surface area contributed by atoms with Crippen LogP contribution < -0.4 is 5.73 Å². The van der Waals surface area contributed by atoms with Gasteiger partial charge in [-0.3, -0.25) is 4.98 Å². The molecule has 0 saturated heterocycles. The normalized spacial score (nSPS) is 10.8. The number of imidazole rings is 1. The molecule has 2 N–H and O–H groups in total. The molecule has 0 spiro atoms. The molecule has 0 bridgehead atoms. The monoisotopic (exact) mass is 230 g/mol. The third-order valence-corrected chi connectivity index (χ3v) is 3.06. The molecule has 0 saturated carbocycles. The lowest BCUT2D eigenvalue weighted by Gasteiger charge is -2.03. The van der Waals surface area contributed by atoms with E-state index in [2.05, 4.69) is 14.5 Å². The van der Waals surface area contributed by atoms with E-state index in [1.165, 1.54) is 0 Å². The lowest BCUT2D eigenvalue weighted by Crippen LogP contribution is -2.07. The van der Waals surface area contributed by atoms with E-state index in [-0.39, 0.29) is 0 Å². The van der Waals surface area contributed by atoms with Crippen molar-refractivity contribution in [1.82, 2.24) is 14.5 Å². The van der Waals surface area contributed by atoms with Gasteiger partial charge >= 0.3 is 0 Å². The molecular formula is C13H18N4. The lowest BCUT2D eigenvalue weighted by atomic mass is 10.1. The Kier molecular flexibility index (Phi) is 3.54. The molecule has 0 fully saturated rings. The van der Waals surface area contributed by atoms with Gasteiger partial charge in [0.1, 0.15) is 5.82 Å². The summed E-state index contributed by atoms with van der Waals surface area (Å²) in [6, 6.07) is 5.98. The van der Waals surface area contributed by atoms with Gasteiger partial charge in [-0.15, -0.1) is 0 Å². The summed E-state index contributed by atoms with van der Waals surface area (Å²) in [5.41, 5.74) is 9.07. The first-order valence-electron chi connectivity index (χ1n) is 5.83. The molecular weight excluding hydrogens is 212 g/mol. The number of hydrogen-bond acceptors (Lipinski definition) is 3. The maximum Gasteiger partial charge on any atom is 0.105 e. The van der Waals surface area contributed by atoms with Crippen molar-refractivity contribution in [3.63, 3.8) is 0 Å². The number of nitrogens with two attached hydrogens (primary N) is 1. The zero-order chi connectivity index (χ0) is 12.3. The molecule has 0 radical (unpaired) electrons. The molecule has 17 heavy (non-hydrogen) atoms. The van der Waals surface area contributed by atoms with E-state index in [4.69, 9.17) is 5.73 Å². The highest BCUT2D eigenvalue weighted by Crippen LogP contribution is 2.12. The van der Waals surface area contributed by atoms with Crippen molar-refractivity contribution in [3.05, 3.63) is 47.3 Å². The van der Waals surface area contributed by atoms with E-state index in [1.54, 1.807) is 0 Å². The molecule has 0 amide bonds. The van der Waals surface area contributed by atoms with Crippen molar-refractivity contribution in [3.8, 4) is 0 Å². The minimum absolute atomic E-state index is 0.537. The summed E-state index contributed by atoms with van der Waals surface area (Å²) >= 11 is 0. The van der Waals surface area contributed by atoms with Crippen molar-refractivity contribution in [2.24, 2.45) is 12.8 Å². The Morgan fingerprint density at radius 3 is 2.76 bits per heavy atom. The Morgan fingerprint density at radius 2 is 2.12 bits per heavy atom. The van der Waals surface area contributed by atoms with Crippen LogP contribution in [0.3, 0.4) is 0 Å². The van der Waals surface area contributed by atoms with Crippen LogP contribution in [0.5, 0.6) is 0 Å². The van der Waals surface area contributed by atoms with E-state index in [0.717, 1.165) is 35.7 Å². The van der Waals surface area contributed by atoms with E-state index in [0.29, 0.717) is 6.54 Å². The van der Waals surface area contributed by atoms with Crippen molar-refractivity contribution >= 4 is 0 Å². The van der Waals surface area contributed by atoms with E-state index in [1.807, 2.05) is 38.4 Å². The molecule has 2 aromatic heterocycles. The van der Waals surface area contributed by atoms with Gasteiger partial charge in [-0.1, -0.05) is 6.07 Å². The van der Waals surface area contributed by atoms with Gasteiger partial charge in [0.05, 0.1) is 11.4 Å². The first kappa shape index (κ1) is 11.8. The Labute approximate surface area is 102 Å². The second kappa shape index (κ2) is 5.10. The summed E-state index contributed by atoms with van der Waals surface area (Å²) in [6.07, 6.45) is 3.62. The molecule has 2 heterocycles. The second-order valence-electron chi connectivity index (χ2n) is 4.14. The number of pyridine rings is 1. The third kappa shape index (κ3) is 2.53. The Bertz CT molecular complexity index is 488. The van der Waals surface area contributed by atoms with Crippen LogP contribution in [0.15, 0.2) is 24.4 Å². The summed E-state index contributed by atoms with van der Waals surface area (Å²) in [5, 5.41) is 0. The zero-order valence-electron chi connectivity index (χ0n) is 10.3. The molecule has 0 aliphatic heterocycles. The van der Waals surface area contributed by atoms with Gasteiger partial charge in [-0.2, -0.15) is 0 Å². The third-order valence-electron chi connectivity index (χ3n) is 3.06. The first-order chi connectivity index (χ1) is 8.22. The summed E-state index contributed by atoms with van der Waals surface area (Å²) in [5.74, 6) is 1.02. The number of rotatable bonds is 4. The van der Waals surface area contributed by atoms with Crippen LogP contribution in [0.25, 0.3) is 0 Å². The van der Waals surface area contributed by atoms with Crippen LogP contribution >= 0.6 is 0 Å². The largest absolute Gasteiger partial charge is 0.334 e. The maximum atomic E-state index is 5.76. The molecule has 0 aliphatic rings. The van der Waals surface area contributed by atoms with E-state index >= 15 is 0 Å². The summed E-state index contributed by atoms with van der Waals surface area (Å²) in [7, 11) is 2.01. The fraction of sp³-hybridized carbons (Fsp3) is 0.385. The Balaban J connectivity index is 2.12. The molecule has 0 aliphatic carbocycles. The van der Waals surface area contributed by atoms with Crippen LogP contribution in [-0.2, 0) is 26.4 Å². The minimum atomic E-state index is 0.537. The molecule has 4 heteroatoms. The summed E-state index contributed by atoms with van der Waals surface area (Å²) in [6.45, 7) is 2.54. The van der Waals surface area contributed by atoms with Crippen molar-refractivity contribution in [2.75, 3.05) is 0 Å². The number of aryl methyl sites for hydroxylation is 3. The summed E-state index contributed by atoms with van der Waals surface area (Å²) < 4.78 is 2.06. The van der Waals surface area contributed by atoms with Gasteiger partial charge in [-0.25, -0.2) is 4.98 Å². The SMILES string of the molecule is Cc1nc(CCc2ccccn2)c(CN)n1C. The average Bonchev–Trinajstić information content (AvgIpc) is 2.63. The highest BCUT2D eigenvalue weighted by molar-refractivity contribution is 5.18. The quantitative estimate of drug-likeness (QED) is 0.863. The first-order valence-corrected chi connectivity index (χ1v) is 5.83. The predicted molar refractivity (Wildman–Crippen MR) is 67.5 cm³/mol. The molecule has 2 rings (SSSR count). The average molecular weight is 230 g/mol. The molecule has 0 aromatic carbocycles. The number of hydrogen-bond donors (Lipinski definition) is 1. The van der Waals surface area contributed by atoms with E-state index in [9.17, 15) is 0 Å². The Hall–Kier alpha value is -1.68. The molecule has 90 valence electrons. The minimum Gasteiger partial charge on any atom is -0.334 e. The van der Waals surface area contributed by atoms with E-state index < -0.39 is 0 Å². The molecule has 0 unspecified atom stereocenters. The van der Waals surface area contributed by atoms with Crippen LogP contribution in [-0.4, -0.2) is 14.5 Å². The summed E-state index contributed by atoms with van der Waals surface area (Å²) in [4.78, 5) is 8.86. The highest BCUT2D eigenvalue weighted by Gasteiger charge is 2.10. The topological polar surface area (TPSA) is 56.7 Å². The Morgan fingerprint density at radius 1 is 1.29 bits per heavy atom. The van der Waals surface area contributed by atoms with Gasteiger partial charge < -0.3 is 10.3 Å². The predicted octanol–water partition coefficient (Wildman–Crippen LogP) is 1.37. The standard InChI is InChI=1S/C13H18N4/c1-10-16-12(13(9-14)17(10)2)7-6-11-5-3-4-8-15-11/h3-5,8H,6-7,9,14H2,1-2H3. The smallest absolute Gasteiger partial charge is 0.105 e. The lowest BCUT2D eigenvalue weighted by molar-refractivity contribution is 0.778. The van der Waals surface area contributed by atoms with Crippen LogP contribution in [0.2, 0.25) is 0 Å².